The number of hydrogen-bond donors (Lipinski definition) is 4. The van der Waals surface area contributed by atoms with E-state index >= 15 is 0 Å². The van der Waals surface area contributed by atoms with Crippen molar-refractivity contribution in [1.29, 1.82) is 0 Å². The lowest BCUT2D eigenvalue weighted by Crippen LogP contribution is -2.44. The molecule has 3 aromatic rings. The van der Waals surface area contributed by atoms with Crippen LogP contribution in [0.15, 0.2) is 53.2 Å². The Morgan fingerprint density at radius 2 is 1.68 bits per heavy atom. The fourth-order valence-corrected chi connectivity index (χ4v) is 4.69. The van der Waals surface area contributed by atoms with Crippen LogP contribution in [0.1, 0.15) is 48.4 Å². The molecule has 0 unspecified atom stereocenters. The third-order valence-corrected chi connectivity index (χ3v) is 6.82. The van der Waals surface area contributed by atoms with Gasteiger partial charge in [-0.25, -0.2) is 4.79 Å². The zero-order valence-corrected chi connectivity index (χ0v) is 22.0. The molecule has 0 radical (unpaired) electrons. The van der Waals surface area contributed by atoms with Crippen molar-refractivity contribution in [3.63, 3.8) is 0 Å². The molecular formula is C27H30F3N6O4+. The third-order valence-electron chi connectivity index (χ3n) is 6.82. The highest BCUT2D eigenvalue weighted by atomic mass is 19.4. The maximum absolute atomic E-state index is 13.5. The molecule has 1 saturated carbocycles. The van der Waals surface area contributed by atoms with Crippen molar-refractivity contribution in [3.8, 4) is 0 Å². The Morgan fingerprint density at radius 1 is 1.00 bits per heavy atom. The van der Waals surface area contributed by atoms with Crippen LogP contribution in [-0.4, -0.2) is 30.2 Å². The van der Waals surface area contributed by atoms with Crippen LogP contribution in [0.5, 0.6) is 0 Å². The lowest BCUT2D eigenvalue weighted by Gasteiger charge is -2.22. The average Bonchev–Trinajstić information content (AvgIpc) is 3.37. The van der Waals surface area contributed by atoms with Crippen molar-refractivity contribution >= 4 is 35.1 Å². The van der Waals surface area contributed by atoms with Gasteiger partial charge in [0.25, 0.3) is 6.20 Å². The summed E-state index contributed by atoms with van der Waals surface area (Å²) in [5, 5.41) is 13.8. The first-order valence-electron chi connectivity index (χ1n) is 12.8. The molecule has 10 nitrogen and oxygen atoms in total. The Labute approximate surface area is 228 Å². The van der Waals surface area contributed by atoms with Gasteiger partial charge in [-0.1, -0.05) is 24.3 Å². The number of halogens is 3. The number of aromatic nitrogens is 2. The first-order chi connectivity index (χ1) is 19.0. The highest BCUT2D eigenvalue weighted by molar-refractivity contribution is 6.00. The summed E-state index contributed by atoms with van der Waals surface area (Å²) < 4.78 is 47.4. The number of anilines is 3. The minimum atomic E-state index is -4.71. The largest absolute Gasteiger partial charge is 0.416 e. The Bertz CT molecular complexity index is 1380. The quantitative estimate of drug-likeness (QED) is 0.315. The summed E-state index contributed by atoms with van der Waals surface area (Å²) in [6.45, 7) is 1.83. The van der Waals surface area contributed by atoms with Crippen LogP contribution in [0.25, 0.3) is 0 Å². The van der Waals surface area contributed by atoms with Crippen LogP contribution in [0.3, 0.4) is 0 Å². The van der Waals surface area contributed by atoms with E-state index in [1.165, 1.54) is 12.3 Å². The molecule has 0 bridgehead atoms. The molecule has 0 aliphatic heterocycles. The second-order valence-corrected chi connectivity index (χ2v) is 9.69. The summed E-state index contributed by atoms with van der Waals surface area (Å²) in [6, 6.07) is 9.12. The third kappa shape index (κ3) is 7.36. The average molecular weight is 560 g/mol. The molecule has 2 aromatic carbocycles. The molecule has 13 heteroatoms. The van der Waals surface area contributed by atoms with E-state index in [2.05, 4.69) is 26.5 Å². The van der Waals surface area contributed by atoms with Gasteiger partial charge in [0.15, 0.2) is 6.04 Å². The van der Waals surface area contributed by atoms with E-state index in [1.807, 2.05) is 19.1 Å². The SMILES string of the molecule is CNC(=O)C1CCC([n+]2cc(NC(=O)Nc3cc(NC(=O)Cc4ccccc4C)cc(C(F)(F)F)c3)on2)CC1. The number of amides is 4. The molecule has 0 atom stereocenters. The van der Waals surface area contributed by atoms with Gasteiger partial charge < -0.3 is 16.0 Å². The van der Waals surface area contributed by atoms with Gasteiger partial charge >= 0.3 is 18.1 Å². The fraction of sp³-hybridized carbons (Fsp3) is 0.370. The molecule has 4 rings (SSSR count). The van der Waals surface area contributed by atoms with Crippen LogP contribution in [0.2, 0.25) is 0 Å². The Morgan fingerprint density at radius 3 is 2.33 bits per heavy atom. The molecule has 212 valence electrons. The second kappa shape index (κ2) is 12.2. The van der Waals surface area contributed by atoms with Crippen molar-refractivity contribution in [1.82, 2.24) is 10.6 Å². The van der Waals surface area contributed by atoms with E-state index in [-0.39, 0.29) is 41.5 Å². The normalized spacial score (nSPS) is 17.1. The molecule has 1 aliphatic rings. The summed E-state index contributed by atoms with van der Waals surface area (Å²) in [5.41, 5.74) is 0.285. The fourth-order valence-electron chi connectivity index (χ4n) is 4.69. The summed E-state index contributed by atoms with van der Waals surface area (Å²) in [7, 11) is 1.60. The second-order valence-electron chi connectivity index (χ2n) is 9.69. The number of benzene rings is 2. The highest BCUT2D eigenvalue weighted by Gasteiger charge is 2.34. The minimum Gasteiger partial charge on any atom is -0.359 e. The van der Waals surface area contributed by atoms with Gasteiger partial charge in [-0.2, -0.15) is 13.2 Å². The van der Waals surface area contributed by atoms with Crippen molar-refractivity contribution in [2.75, 3.05) is 23.0 Å². The number of carbonyl (C=O) groups is 3. The summed E-state index contributed by atoms with van der Waals surface area (Å²) in [4.78, 5) is 36.9. The van der Waals surface area contributed by atoms with Gasteiger partial charge in [-0.05, 0) is 53.8 Å². The monoisotopic (exact) mass is 559 g/mol. The van der Waals surface area contributed by atoms with E-state index in [4.69, 9.17) is 4.52 Å². The number of hydrogen-bond acceptors (Lipinski definition) is 5. The van der Waals surface area contributed by atoms with Crippen molar-refractivity contribution in [2.24, 2.45) is 5.92 Å². The van der Waals surface area contributed by atoms with Crippen LogP contribution >= 0.6 is 0 Å². The minimum absolute atomic E-state index is 0.00578. The number of nitrogens with one attached hydrogen (secondary N) is 4. The van der Waals surface area contributed by atoms with Gasteiger partial charge in [0, 0.05) is 37.2 Å². The molecule has 4 amide bonds. The van der Waals surface area contributed by atoms with Crippen molar-refractivity contribution in [2.45, 2.75) is 51.2 Å². The first-order valence-corrected chi connectivity index (χ1v) is 12.8. The molecule has 4 N–H and O–H groups in total. The molecule has 0 saturated heterocycles. The number of aryl methyl sites for hydroxylation is 1. The summed E-state index contributed by atoms with van der Waals surface area (Å²) in [5.74, 6) is -0.558. The summed E-state index contributed by atoms with van der Waals surface area (Å²) >= 11 is 0. The predicted molar refractivity (Wildman–Crippen MR) is 139 cm³/mol. The van der Waals surface area contributed by atoms with E-state index in [0.717, 1.165) is 23.3 Å². The van der Waals surface area contributed by atoms with Crippen LogP contribution in [0.4, 0.5) is 35.2 Å². The number of urea groups is 1. The zero-order chi connectivity index (χ0) is 28.9. The van der Waals surface area contributed by atoms with Gasteiger partial charge in [0.05, 0.1) is 12.0 Å². The molecule has 0 spiro atoms. The van der Waals surface area contributed by atoms with E-state index < -0.39 is 23.7 Å². The lowest BCUT2D eigenvalue weighted by molar-refractivity contribution is -0.787. The van der Waals surface area contributed by atoms with Gasteiger partial charge in [0.2, 0.25) is 17.1 Å². The number of carbonyl (C=O) groups excluding carboxylic acids is 3. The molecule has 40 heavy (non-hydrogen) atoms. The topological polar surface area (TPSA) is 129 Å². The molecular weight excluding hydrogens is 529 g/mol. The van der Waals surface area contributed by atoms with E-state index in [9.17, 15) is 27.6 Å². The molecule has 1 aliphatic carbocycles. The maximum atomic E-state index is 13.5. The Hall–Kier alpha value is -4.42. The Balaban J connectivity index is 1.40. The zero-order valence-electron chi connectivity index (χ0n) is 22.0. The van der Waals surface area contributed by atoms with Gasteiger partial charge in [-0.3, -0.25) is 19.4 Å². The molecule has 1 fully saturated rings. The predicted octanol–water partition coefficient (Wildman–Crippen LogP) is 4.59. The lowest BCUT2D eigenvalue weighted by atomic mass is 9.85. The number of nitrogens with zero attached hydrogens (tertiary/aromatic N) is 2. The summed E-state index contributed by atoms with van der Waals surface area (Å²) in [6.07, 6.45) is -0.484. The van der Waals surface area contributed by atoms with Crippen LogP contribution in [-0.2, 0) is 22.2 Å². The standard InChI is InChI=1S/C27H29F3N6O4/c1-16-5-3-4-6-18(16)11-23(37)32-20-12-19(27(28,29)30)13-21(14-20)33-26(39)34-24-15-36(35-40-24)22-9-7-17(8-10-22)25(38)31-2/h3-6,12-15,17,22H,7-11H2,1-2H3,(H3-,31,32,33,34,35,37,38,39)/p+1. The first kappa shape index (κ1) is 28.6. The highest BCUT2D eigenvalue weighted by Crippen LogP contribution is 2.34. The smallest absolute Gasteiger partial charge is 0.359 e. The molecule has 1 aromatic heterocycles. The van der Waals surface area contributed by atoms with Gasteiger partial charge in [0.1, 0.15) is 0 Å². The van der Waals surface area contributed by atoms with Crippen molar-refractivity contribution < 1.29 is 36.8 Å². The van der Waals surface area contributed by atoms with Crippen LogP contribution in [0, 0.1) is 12.8 Å². The van der Waals surface area contributed by atoms with Gasteiger partial charge in [-0.15, -0.1) is 0 Å². The van der Waals surface area contributed by atoms with E-state index in [0.29, 0.717) is 25.7 Å². The van der Waals surface area contributed by atoms with Crippen LogP contribution < -0.4 is 25.9 Å². The maximum Gasteiger partial charge on any atom is 0.416 e. The van der Waals surface area contributed by atoms with E-state index in [1.54, 1.807) is 23.9 Å². The Kier molecular flexibility index (Phi) is 8.70. The molecule has 1 heterocycles. The number of rotatable bonds is 7. The van der Waals surface area contributed by atoms with Crippen molar-refractivity contribution in [3.05, 3.63) is 65.4 Å². The number of alkyl halides is 3.